The van der Waals surface area contributed by atoms with Crippen LogP contribution in [0.25, 0.3) is 0 Å². The van der Waals surface area contributed by atoms with Gasteiger partial charge in [0.25, 0.3) is 0 Å². The zero-order valence-corrected chi connectivity index (χ0v) is 15.0. The highest BCUT2D eigenvalue weighted by atomic mass is 16.5. The van der Waals surface area contributed by atoms with Crippen molar-refractivity contribution in [3.8, 4) is 0 Å². The van der Waals surface area contributed by atoms with E-state index in [1.165, 1.54) is 0 Å². The molecule has 2 amide bonds. The van der Waals surface area contributed by atoms with Gasteiger partial charge in [0.05, 0.1) is 25.3 Å². The summed E-state index contributed by atoms with van der Waals surface area (Å²) in [6, 6.07) is 1.72. The molecule has 138 valence electrons. The van der Waals surface area contributed by atoms with Gasteiger partial charge in [-0.05, 0) is 13.0 Å². The zero-order chi connectivity index (χ0) is 17.8. The lowest BCUT2D eigenvalue weighted by Gasteiger charge is -2.40. The molecule has 3 heterocycles. The van der Waals surface area contributed by atoms with E-state index in [0.29, 0.717) is 39.3 Å². The van der Waals surface area contributed by atoms with Gasteiger partial charge >= 0.3 is 0 Å². The SMILES string of the molecule is CC(=O)N1CCN(C(=O)[C@@H](C)N2CCO[C@@H](Cn3cccn3)C2)CC1. The Morgan fingerprint density at radius 1 is 1.20 bits per heavy atom. The van der Waals surface area contributed by atoms with Gasteiger partial charge in [-0.1, -0.05) is 0 Å². The van der Waals surface area contributed by atoms with Crippen molar-refractivity contribution in [1.82, 2.24) is 24.5 Å². The third-order valence-electron chi connectivity index (χ3n) is 5.06. The minimum atomic E-state index is -0.173. The number of amides is 2. The Kier molecular flexibility index (Phi) is 5.70. The molecular weight excluding hydrogens is 322 g/mol. The van der Waals surface area contributed by atoms with E-state index >= 15 is 0 Å². The number of hydrogen-bond donors (Lipinski definition) is 0. The predicted molar refractivity (Wildman–Crippen MR) is 91.8 cm³/mol. The molecule has 2 saturated heterocycles. The second-order valence-corrected chi connectivity index (χ2v) is 6.72. The molecule has 0 aliphatic carbocycles. The molecule has 2 fully saturated rings. The van der Waals surface area contributed by atoms with Crippen LogP contribution >= 0.6 is 0 Å². The molecular formula is C17H27N5O3. The molecule has 8 heteroatoms. The molecule has 1 aromatic rings. The number of nitrogens with zero attached hydrogens (tertiary/aromatic N) is 5. The first-order valence-corrected chi connectivity index (χ1v) is 8.92. The number of morpholine rings is 1. The van der Waals surface area contributed by atoms with Gasteiger partial charge in [0.15, 0.2) is 0 Å². The Morgan fingerprint density at radius 2 is 1.92 bits per heavy atom. The van der Waals surface area contributed by atoms with Crippen molar-refractivity contribution in [1.29, 1.82) is 0 Å². The summed E-state index contributed by atoms with van der Waals surface area (Å²) in [6.45, 7) is 8.83. The van der Waals surface area contributed by atoms with Crippen molar-refractivity contribution < 1.29 is 14.3 Å². The van der Waals surface area contributed by atoms with Crippen molar-refractivity contribution in [2.24, 2.45) is 0 Å². The highest BCUT2D eigenvalue weighted by Crippen LogP contribution is 2.14. The van der Waals surface area contributed by atoms with E-state index in [4.69, 9.17) is 4.74 Å². The van der Waals surface area contributed by atoms with Gasteiger partial charge in [-0.2, -0.15) is 5.10 Å². The summed E-state index contributed by atoms with van der Waals surface area (Å²) in [5.74, 6) is 0.220. The second kappa shape index (κ2) is 7.97. The Morgan fingerprint density at radius 3 is 2.56 bits per heavy atom. The monoisotopic (exact) mass is 349 g/mol. The predicted octanol–water partition coefficient (Wildman–Crippen LogP) is -0.337. The molecule has 0 radical (unpaired) electrons. The Bertz CT molecular complexity index is 583. The molecule has 1 aromatic heterocycles. The maximum absolute atomic E-state index is 12.8. The van der Waals surface area contributed by atoms with Crippen LogP contribution in [0.2, 0.25) is 0 Å². The number of rotatable bonds is 4. The Balaban J connectivity index is 1.52. The highest BCUT2D eigenvalue weighted by Gasteiger charge is 2.32. The topological polar surface area (TPSA) is 70.9 Å². The molecule has 8 nitrogen and oxygen atoms in total. The number of hydrogen-bond acceptors (Lipinski definition) is 5. The van der Waals surface area contributed by atoms with Crippen LogP contribution in [0, 0.1) is 0 Å². The fourth-order valence-electron chi connectivity index (χ4n) is 3.48. The first kappa shape index (κ1) is 17.9. The van der Waals surface area contributed by atoms with Crippen LogP contribution in [0.3, 0.4) is 0 Å². The maximum Gasteiger partial charge on any atom is 0.239 e. The molecule has 3 rings (SSSR count). The number of piperazine rings is 1. The largest absolute Gasteiger partial charge is 0.374 e. The van der Waals surface area contributed by atoms with Crippen molar-refractivity contribution in [2.75, 3.05) is 45.9 Å². The van der Waals surface area contributed by atoms with Gasteiger partial charge in [-0.15, -0.1) is 0 Å². The van der Waals surface area contributed by atoms with Gasteiger partial charge in [0.2, 0.25) is 11.8 Å². The quantitative estimate of drug-likeness (QED) is 0.744. The van der Waals surface area contributed by atoms with Crippen LogP contribution in [0.5, 0.6) is 0 Å². The molecule has 2 atom stereocenters. The molecule has 0 N–H and O–H groups in total. The third-order valence-corrected chi connectivity index (χ3v) is 5.06. The van der Waals surface area contributed by atoms with E-state index in [1.54, 1.807) is 18.0 Å². The van der Waals surface area contributed by atoms with E-state index in [0.717, 1.165) is 13.1 Å². The van der Waals surface area contributed by atoms with E-state index in [1.807, 2.05) is 28.8 Å². The third kappa shape index (κ3) is 4.38. The van der Waals surface area contributed by atoms with E-state index in [2.05, 4.69) is 10.00 Å². The van der Waals surface area contributed by atoms with Crippen molar-refractivity contribution in [2.45, 2.75) is 32.5 Å². The summed E-state index contributed by atoms with van der Waals surface area (Å²) in [4.78, 5) is 30.1. The summed E-state index contributed by atoms with van der Waals surface area (Å²) < 4.78 is 7.69. The Labute approximate surface area is 148 Å². The highest BCUT2D eigenvalue weighted by molar-refractivity contribution is 5.82. The molecule has 2 aliphatic rings. The fraction of sp³-hybridized carbons (Fsp3) is 0.706. The lowest BCUT2D eigenvalue weighted by Crippen LogP contribution is -2.57. The summed E-state index contributed by atoms with van der Waals surface area (Å²) >= 11 is 0. The molecule has 2 aliphatic heterocycles. The normalized spacial score (nSPS) is 23.5. The summed E-state index contributed by atoms with van der Waals surface area (Å²) in [5, 5.41) is 4.22. The van der Waals surface area contributed by atoms with Crippen LogP contribution < -0.4 is 0 Å². The lowest BCUT2D eigenvalue weighted by molar-refractivity contribution is -0.144. The maximum atomic E-state index is 12.8. The molecule has 25 heavy (non-hydrogen) atoms. The van der Waals surface area contributed by atoms with E-state index < -0.39 is 0 Å². The van der Waals surface area contributed by atoms with Crippen LogP contribution in [-0.4, -0.2) is 94.3 Å². The van der Waals surface area contributed by atoms with E-state index in [9.17, 15) is 9.59 Å². The van der Waals surface area contributed by atoms with Gasteiger partial charge in [-0.3, -0.25) is 19.2 Å². The van der Waals surface area contributed by atoms with Gasteiger partial charge in [-0.25, -0.2) is 0 Å². The van der Waals surface area contributed by atoms with Crippen molar-refractivity contribution in [3.63, 3.8) is 0 Å². The Hall–Kier alpha value is -1.93. The van der Waals surface area contributed by atoms with Crippen LogP contribution in [-0.2, 0) is 20.9 Å². The standard InChI is InChI=1S/C17H27N5O3/c1-14(17(24)20-8-6-19(7-9-20)15(2)23)21-10-11-25-16(12-21)13-22-5-3-4-18-22/h3-5,14,16H,6-13H2,1-2H3/t14-,16-/m1/s1. The van der Waals surface area contributed by atoms with E-state index in [-0.39, 0.29) is 24.0 Å². The van der Waals surface area contributed by atoms with Crippen LogP contribution in [0.15, 0.2) is 18.5 Å². The number of aromatic nitrogens is 2. The lowest BCUT2D eigenvalue weighted by atomic mass is 10.1. The zero-order valence-electron chi connectivity index (χ0n) is 15.0. The van der Waals surface area contributed by atoms with Crippen molar-refractivity contribution in [3.05, 3.63) is 18.5 Å². The van der Waals surface area contributed by atoms with Crippen LogP contribution in [0.1, 0.15) is 13.8 Å². The first-order valence-electron chi connectivity index (χ1n) is 8.92. The molecule has 0 spiro atoms. The number of carbonyl (C=O) groups is 2. The number of ether oxygens (including phenoxy) is 1. The van der Waals surface area contributed by atoms with Gasteiger partial charge in [0, 0.05) is 58.6 Å². The van der Waals surface area contributed by atoms with Gasteiger partial charge in [0.1, 0.15) is 0 Å². The smallest absolute Gasteiger partial charge is 0.239 e. The average molecular weight is 349 g/mol. The number of carbonyl (C=O) groups excluding carboxylic acids is 2. The molecule has 0 saturated carbocycles. The fourth-order valence-corrected chi connectivity index (χ4v) is 3.48. The average Bonchev–Trinajstić information content (AvgIpc) is 3.13. The van der Waals surface area contributed by atoms with Gasteiger partial charge < -0.3 is 14.5 Å². The van der Waals surface area contributed by atoms with Crippen molar-refractivity contribution >= 4 is 11.8 Å². The minimum Gasteiger partial charge on any atom is -0.374 e. The summed E-state index contributed by atoms with van der Waals surface area (Å²) in [6.07, 6.45) is 3.72. The second-order valence-electron chi connectivity index (χ2n) is 6.72. The first-order chi connectivity index (χ1) is 12.0. The summed E-state index contributed by atoms with van der Waals surface area (Å²) in [7, 11) is 0. The summed E-state index contributed by atoms with van der Waals surface area (Å²) in [5.41, 5.74) is 0. The molecule has 0 unspecified atom stereocenters. The van der Waals surface area contributed by atoms with Crippen LogP contribution in [0.4, 0.5) is 0 Å². The molecule has 0 bridgehead atoms. The molecule has 0 aromatic carbocycles. The minimum absolute atomic E-state index is 0.0402.